The summed E-state index contributed by atoms with van der Waals surface area (Å²) in [5.74, 6) is 1.01. The second kappa shape index (κ2) is 8.65. The highest BCUT2D eigenvalue weighted by molar-refractivity contribution is 8.00. The predicted molar refractivity (Wildman–Crippen MR) is 102 cm³/mol. The molecule has 2 aromatic carbocycles. The van der Waals surface area contributed by atoms with E-state index in [1.807, 2.05) is 0 Å². The highest BCUT2D eigenvalue weighted by Crippen LogP contribution is 2.32. The number of halogens is 1. The Hall–Kier alpha value is -2.91. The van der Waals surface area contributed by atoms with Gasteiger partial charge in [0, 0.05) is 11.6 Å². The first-order chi connectivity index (χ1) is 12.6. The van der Waals surface area contributed by atoms with Crippen LogP contribution in [-0.2, 0) is 9.84 Å². The van der Waals surface area contributed by atoms with Crippen molar-refractivity contribution in [2.75, 3.05) is 14.2 Å². The molecule has 27 heavy (non-hydrogen) atoms. The van der Waals surface area contributed by atoms with Crippen LogP contribution >= 0.6 is 12.4 Å². The Morgan fingerprint density at radius 2 is 1.81 bits per heavy atom. The van der Waals surface area contributed by atoms with Gasteiger partial charge in [0.25, 0.3) is 0 Å². The van der Waals surface area contributed by atoms with Gasteiger partial charge in [0.05, 0.1) is 19.1 Å². The van der Waals surface area contributed by atoms with Crippen molar-refractivity contribution in [1.82, 2.24) is 20.6 Å². The Balaban J connectivity index is 0.00000261. The van der Waals surface area contributed by atoms with E-state index in [0.717, 1.165) is 0 Å². The lowest BCUT2D eigenvalue weighted by molar-refractivity contribution is 0.394. The average Bonchev–Trinajstić information content (AvgIpc) is 3.20. The van der Waals surface area contributed by atoms with E-state index in [2.05, 4.69) is 20.6 Å². The second-order valence-corrected chi connectivity index (χ2v) is 7.09. The molecule has 1 aromatic heterocycles. The number of nitrogens with one attached hydrogen (secondary N) is 1. The summed E-state index contributed by atoms with van der Waals surface area (Å²) in [6.07, 6.45) is 1.45. The van der Waals surface area contributed by atoms with Gasteiger partial charge in [-0.05, 0) is 35.6 Å². The Labute approximate surface area is 162 Å². The quantitative estimate of drug-likeness (QED) is 0.667. The summed E-state index contributed by atoms with van der Waals surface area (Å²) in [5, 5.41) is 13.4. The normalized spacial score (nSPS) is 11.6. The number of hydrogen-bond acceptors (Lipinski definition) is 7. The largest absolute Gasteiger partial charge is 0.497 e. The SMILES string of the molecule is COc1ccc(C=C(c2nn[nH]n2)S(=O)(=O)c2ccccc2)c(OC)c1.Cl. The molecule has 142 valence electrons. The zero-order valence-corrected chi connectivity index (χ0v) is 16.1. The number of H-pyrrole nitrogens is 1. The lowest BCUT2D eigenvalue weighted by Crippen LogP contribution is -2.06. The van der Waals surface area contributed by atoms with Crippen LogP contribution in [0, 0.1) is 0 Å². The zero-order valence-electron chi connectivity index (χ0n) is 14.5. The Kier molecular flexibility index (Phi) is 6.54. The summed E-state index contributed by atoms with van der Waals surface area (Å²) in [5.41, 5.74) is 0.535. The van der Waals surface area contributed by atoms with E-state index in [9.17, 15) is 8.42 Å². The van der Waals surface area contributed by atoms with Crippen molar-refractivity contribution >= 4 is 33.2 Å². The molecule has 0 amide bonds. The third kappa shape index (κ3) is 4.26. The van der Waals surface area contributed by atoms with Crippen LogP contribution in [-0.4, -0.2) is 43.3 Å². The van der Waals surface area contributed by atoms with Gasteiger partial charge in [0.2, 0.25) is 15.7 Å². The monoisotopic (exact) mass is 408 g/mol. The van der Waals surface area contributed by atoms with E-state index in [1.165, 1.54) is 32.4 Å². The predicted octanol–water partition coefficient (Wildman–Crippen LogP) is 2.61. The van der Waals surface area contributed by atoms with Gasteiger partial charge in [-0.1, -0.05) is 18.2 Å². The zero-order chi connectivity index (χ0) is 18.6. The van der Waals surface area contributed by atoms with Gasteiger partial charge in [-0.2, -0.15) is 5.21 Å². The molecular weight excluding hydrogens is 392 g/mol. The minimum absolute atomic E-state index is 0. The van der Waals surface area contributed by atoms with Crippen LogP contribution < -0.4 is 9.47 Å². The Morgan fingerprint density at radius 3 is 2.41 bits per heavy atom. The number of aromatic amines is 1. The highest BCUT2D eigenvalue weighted by atomic mass is 35.5. The van der Waals surface area contributed by atoms with Crippen LogP contribution in [0.2, 0.25) is 0 Å². The number of sulfone groups is 1. The third-order valence-electron chi connectivity index (χ3n) is 3.64. The van der Waals surface area contributed by atoms with E-state index in [-0.39, 0.29) is 28.0 Å². The molecule has 3 aromatic rings. The first-order valence-electron chi connectivity index (χ1n) is 7.54. The van der Waals surface area contributed by atoms with Crippen molar-refractivity contribution < 1.29 is 17.9 Å². The molecular formula is C17H17ClN4O4S. The number of nitrogens with zero attached hydrogens (tertiary/aromatic N) is 3. The maximum Gasteiger partial charge on any atom is 0.216 e. The van der Waals surface area contributed by atoms with Gasteiger partial charge < -0.3 is 9.47 Å². The fourth-order valence-corrected chi connectivity index (χ4v) is 3.71. The molecule has 0 unspecified atom stereocenters. The first-order valence-corrected chi connectivity index (χ1v) is 9.02. The van der Waals surface area contributed by atoms with Gasteiger partial charge in [0.1, 0.15) is 16.4 Å². The minimum Gasteiger partial charge on any atom is -0.497 e. The van der Waals surface area contributed by atoms with Crippen LogP contribution in [0.25, 0.3) is 11.0 Å². The van der Waals surface area contributed by atoms with Crippen molar-refractivity contribution in [3.63, 3.8) is 0 Å². The van der Waals surface area contributed by atoms with E-state index < -0.39 is 9.84 Å². The van der Waals surface area contributed by atoms with Crippen molar-refractivity contribution in [3.8, 4) is 11.5 Å². The molecule has 0 aliphatic carbocycles. The Bertz CT molecular complexity index is 1020. The highest BCUT2D eigenvalue weighted by Gasteiger charge is 2.26. The average molecular weight is 409 g/mol. The number of hydrogen-bond donors (Lipinski definition) is 1. The van der Waals surface area contributed by atoms with Crippen molar-refractivity contribution in [2.24, 2.45) is 0 Å². The number of benzene rings is 2. The first kappa shape index (κ1) is 20.4. The van der Waals surface area contributed by atoms with E-state index in [4.69, 9.17) is 9.47 Å². The van der Waals surface area contributed by atoms with E-state index in [0.29, 0.717) is 17.1 Å². The van der Waals surface area contributed by atoms with Crippen molar-refractivity contribution in [3.05, 3.63) is 59.9 Å². The third-order valence-corrected chi connectivity index (χ3v) is 5.41. The van der Waals surface area contributed by atoms with Crippen LogP contribution in [0.3, 0.4) is 0 Å². The maximum atomic E-state index is 13.1. The molecule has 0 saturated carbocycles. The lowest BCUT2D eigenvalue weighted by atomic mass is 10.1. The fraction of sp³-hybridized carbons (Fsp3) is 0.118. The van der Waals surface area contributed by atoms with Crippen LogP contribution in [0.1, 0.15) is 11.4 Å². The van der Waals surface area contributed by atoms with Gasteiger partial charge in [0.15, 0.2) is 0 Å². The summed E-state index contributed by atoms with van der Waals surface area (Å²) in [7, 11) is -0.845. The lowest BCUT2D eigenvalue weighted by Gasteiger charge is -2.10. The van der Waals surface area contributed by atoms with Gasteiger partial charge in [-0.3, -0.25) is 0 Å². The molecule has 0 saturated heterocycles. The molecule has 3 rings (SSSR count). The van der Waals surface area contributed by atoms with Gasteiger partial charge in [-0.25, -0.2) is 8.42 Å². The number of ether oxygens (including phenoxy) is 2. The summed E-state index contributed by atoms with van der Waals surface area (Å²) in [6.45, 7) is 0. The summed E-state index contributed by atoms with van der Waals surface area (Å²) < 4.78 is 36.7. The number of tetrazole rings is 1. The number of aromatic nitrogens is 4. The molecule has 8 nitrogen and oxygen atoms in total. The molecule has 0 aliphatic rings. The maximum absolute atomic E-state index is 13.1. The molecule has 10 heteroatoms. The summed E-state index contributed by atoms with van der Waals surface area (Å²) >= 11 is 0. The van der Waals surface area contributed by atoms with E-state index in [1.54, 1.807) is 36.4 Å². The van der Waals surface area contributed by atoms with Gasteiger partial charge in [-0.15, -0.1) is 22.6 Å². The molecule has 0 radical (unpaired) electrons. The summed E-state index contributed by atoms with van der Waals surface area (Å²) in [6, 6.07) is 13.1. The van der Waals surface area contributed by atoms with Crippen molar-refractivity contribution in [1.29, 1.82) is 0 Å². The molecule has 1 N–H and O–H groups in total. The fourth-order valence-electron chi connectivity index (χ4n) is 2.33. The van der Waals surface area contributed by atoms with Crippen LogP contribution in [0.4, 0.5) is 0 Å². The molecule has 0 aliphatic heterocycles. The number of rotatable bonds is 6. The van der Waals surface area contributed by atoms with Gasteiger partial charge >= 0.3 is 0 Å². The smallest absolute Gasteiger partial charge is 0.216 e. The molecule has 0 fully saturated rings. The second-order valence-electron chi connectivity index (χ2n) is 5.17. The van der Waals surface area contributed by atoms with Crippen LogP contribution in [0.5, 0.6) is 11.5 Å². The standard InChI is InChI=1S/C17H16N4O4S.ClH/c1-24-13-9-8-12(15(11-13)25-2)10-16(17-18-20-21-19-17)26(22,23)14-6-4-3-5-7-14;/h3-11H,1-2H3,(H,18,19,20,21);1H. The minimum atomic E-state index is -3.87. The Morgan fingerprint density at radius 1 is 1.07 bits per heavy atom. The topological polar surface area (TPSA) is 107 Å². The number of methoxy groups -OCH3 is 2. The molecule has 0 spiro atoms. The van der Waals surface area contributed by atoms with E-state index >= 15 is 0 Å². The van der Waals surface area contributed by atoms with Crippen LogP contribution in [0.15, 0.2) is 53.4 Å². The molecule has 0 bridgehead atoms. The van der Waals surface area contributed by atoms with Crippen molar-refractivity contribution in [2.45, 2.75) is 4.90 Å². The molecule has 0 atom stereocenters. The molecule has 1 heterocycles. The summed E-state index contributed by atoms with van der Waals surface area (Å²) in [4.78, 5) is 0.0319.